The van der Waals surface area contributed by atoms with Gasteiger partial charge in [-0.25, -0.2) is 19.6 Å². The van der Waals surface area contributed by atoms with Crippen LogP contribution in [0.3, 0.4) is 0 Å². The molecule has 1 saturated heterocycles. The lowest BCUT2D eigenvalue weighted by Crippen LogP contribution is -2.40. The van der Waals surface area contributed by atoms with Crippen molar-refractivity contribution in [1.29, 1.82) is 0 Å². The number of halogens is 1. The largest absolute Gasteiger partial charge is 0.444 e. The highest BCUT2D eigenvalue weighted by molar-refractivity contribution is 6.30. The van der Waals surface area contributed by atoms with Gasteiger partial charge in [0, 0.05) is 50.7 Å². The molecule has 1 unspecified atom stereocenters. The molecule has 2 fully saturated rings. The van der Waals surface area contributed by atoms with Crippen LogP contribution in [0.25, 0.3) is 33.8 Å². The molecule has 13 heteroatoms. The van der Waals surface area contributed by atoms with Crippen molar-refractivity contribution in [2.24, 2.45) is 17.8 Å². The van der Waals surface area contributed by atoms with Crippen LogP contribution in [0.15, 0.2) is 33.8 Å². The molecule has 0 aromatic carbocycles. The van der Waals surface area contributed by atoms with Crippen molar-refractivity contribution in [3.8, 4) is 22.8 Å². The number of nitrogens with zero attached hydrogens (tertiary/aromatic N) is 7. The molecule has 1 N–H and O–H groups in total. The van der Waals surface area contributed by atoms with Gasteiger partial charge in [-0.3, -0.25) is 14.5 Å². The number of imidazole rings is 1. The summed E-state index contributed by atoms with van der Waals surface area (Å²) >= 11 is 6.42. The van der Waals surface area contributed by atoms with Gasteiger partial charge < -0.3 is 19.1 Å². The highest BCUT2D eigenvalue weighted by Gasteiger charge is 2.31. The van der Waals surface area contributed by atoms with Crippen molar-refractivity contribution in [3.63, 3.8) is 0 Å². The van der Waals surface area contributed by atoms with Crippen LogP contribution in [0.2, 0.25) is 5.02 Å². The molecular formula is C32H41ClN8O4. The van der Waals surface area contributed by atoms with E-state index >= 15 is 0 Å². The van der Waals surface area contributed by atoms with Crippen LogP contribution in [-0.4, -0.2) is 72.4 Å². The Labute approximate surface area is 267 Å². The van der Waals surface area contributed by atoms with Gasteiger partial charge in [0.1, 0.15) is 11.3 Å². The predicted molar refractivity (Wildman–Crippen MR) is 172 cm³/mol. The molecule has 1 amide bonds. The summed E-state index contributed by atoms with van der Waals surface area (Å²) in [6, 6.07) is 3.67. The lowest BCUT2D eigenvalue weighted by molar-refractivity contribution is 0.0245. The molecule has 5 heterocycles. The van der Waals surface area contributed by atoms with Gasteiger partial charge in [0.2, 0.25) is 11.8 Å². The number of nitrogens with one attached hydrogen (secondary N) is 1. The van der Waals surface area contributed by atoms with Crippen LogP contribution in [0.4, 0.5) is 10.7 Å². The van der Waals surface area contributed by atoms with E-state index in [1.54, 1.807) is 17.3 Å². The number of hydrogen-bond acceptors (Lipinski definition) is 9. The van der Waals surface area contributed by atoms with Gasteiger partial charge in [0.15, 0.2) is 0 Å². The molecule has 4 aromatic rings. The summed E-state index contributed by atoms with van der Waals surface area (Å²) in [6.45, 7) is 13.3. The summed E-state index contributed by atoms with van der Waals surface area (Å²) in [7, 11) is 0. The number of H-pyrrole nitrogens is 1. The van der Waals surface area contributed by atoms with Gasteiger partial charge >= 0.3 is 11.8 Å². The van der Waals surface area contributed by atoms with Crippen molar-refractivity contribution >= 4 is 34.7 Å². The summed E-state index contributed by atoms with van der Waals surface area (Å²) in [5.74, 6) is 1.76. The Kier molecular flexibility index (Phi) is 8.60. The maximum absolute atomic E-state index is 13.1. The minimum Gasteiger partial charge on any atom is -0.444 e. The summed E-state index contributed by atoms with van der Waals surface area (Å²) in [5.41, 5.74) is 2.80. The van der Waals surface area contributed by atoms with Crippen molar-refractivity contribution in [2.45, 2.75) is 72.4 Å². The van der Waals surface area contributed by atoms with Crippen molar-refractivity contribution in [2.75, 3.05) is 31.1 Å². The van der Waals surface area contributed by atoms with E-state index in [-0.39, 0.29) is 17.8 Å². The average Bonchev–Trinajstić information content (AvgIpc) is 3.51. The van der Waals surface area contributed by atoms with E-state index in [1.165, 1.54) is 12.8 Å². The van der Waals surface area contributed by atoms with Crippen LogP contribution in [0.1, 0.15) is 60.3 Å². The molecule has 0 radical (unpaired) electrons. The van der Waals surface area contributed by atoms with Crippen LogP contribution < -0.4 is 10.7 Å². The summed E-state index contributed by atoms with van der Waals surface area (Å²) < 4.78 is 12.8. The Bertz CT molecular complexity index is 1730. The number of pyridine rings is 2. The number of ether oxygens (including phenoxy) is 1. The highest BCUT2D eigenvalue weighted by atomic mass is 35.5. The smallest absolute Gasteiger partial charge is 0.439 e. The normalized spacial score (nSPS) is 21.2. The average molecular weight is 637 g/mol. The number of amides is 1. The number of carbonyl (C=O) groups excluding carboxylic acids is 1. The zero-order chi connectivity index (χ0) is 31.9. The Balaban J connectivity index is 1.48. The number of hydrogen-bond donors (Lipinski definition) is 1. The van der Waals surface area contributed by atoms with Crippen molar-refractivity contribution < 1.29 is 14.1 Å². The maximum atomic E-state index is 13.1. The van der Waals surface area contributed by atoms with E-state index in [9.17, 15) is 9.59 Å². The van der Waals surface area contributed by atoms with Gasteiger partial charge in [0.25, 0.3) is 0 Å². The molecule has 0 bridgehead atoms. The summed E-state index contributed by atoms with van der Waals surface area (Å²) in [4.78, 5) is 46.2. The second-order valence-electron chi connectivity index (χ2n) is 13.7. The molecule has 240 valence electrons. The van der Waals surface area contributed by atoms with Gasteiger partial charge in [-0.1, -0.05) is 43.4 Å². The predicted octanol–water partition coefficient (Wildman–Crippen LogP) is 6.01. The van der Waals surface area contributed by atoms with Gasteiger partial charge in [-0.2, -0.15) is 0 Å². The first kappa shape index (κ1) is 31.1. The summed E-state index contributed by atoms with van der Waals surface area (Å²) in [5, 5.41) is 4.38. The molecular weight excluding hydrogens is 596 g/mol. The zero-order valence-electron chi connectivity index (χ0n) is 26.5. The molecule has 1 atom stereocenters. The van der Waals surface area contributed by atoms with E-state index in [0.717, 1.165) is 48.9 Å². The first-order valence-corrected chi connectivity index (χ1v) is 16.1. The Morgan fingerprint density at radius 3 is 2.53 bits per heavy atom. The number of carbonyl (C=O) groups is 1. The fourth-order valence-corrected chi connectivity index (χ4v) is 6.61. The van der Waals surface area contributed by atoms with Crippen LogP contribution in [0, 0.1) is 17.8 Å². The van der Waals surface area contributed by atoms with Gasteiger partial charge in [-0.05, 0) is 63.5 Å². The molecule has 45 heavy (non-hydrogen) atoms. The Morgan fingerprint density at radius 2 is 1.84 bits per heavy atom. The highest BCUT2D eigenvalue weighted by Crippen LogP contribution is 2.37. The second kappa shape index (κ2) is 12.5. The molecule has 2 aliphatic rings. The fraction of sp³-hybridized carbons (Fsp3) is 0.562. The third-order valence-electron chi connectivity index (χ3n) is 8.58. The maximum Gasteiger partial charge on any atom is 0.439 e. The van der Waals surface area contributed by atoms with E-state index in [0.29, 0.717) is 47.5 Å². The van der Waals surface area contributed by atoms with Crippen LogP contribution >= 0.6 is 11.6 Å². The first-order chi connectivity index (χ1) is 21.4. The SMILES string of the molecule is CC1CCC(Cn2c(N3CCN(C(=O)OC(C)(C)C)CC(C)C3)nc3cc(-c4noc(=O)[nH]4)nc(-c4cncc(Cl)c4)c32)CC1. The van der Waals surface area contributed by atoms with Gasteiger partial charge in [-0.15, -0.1) is 0 Å². The van der Waals surface area contributed by atoms with Crippen molar-refractivity contribution in [1.82, 2.24) is 34.6 Å². The third-order valence-corrected chi connectivity index (χ3v) is 8.79. The topological polar surface area (TPSA) is 135 Å². The fourth-order valence-electron chi connectivity index (χ4n) is 6.44. The molecule has 1 aliphatic heterocycles. The minimum atomic E-state index is -0.663. The monoisotopic (exact) mass is 636 g/mol. The number of fused-ring (bicyclic) bond motifs is 1. The van der Waals surface area contributed by atoms with E-state index < -0.39 is 11.4 Å². The number of aromatic amines is 1. The minimum absolute atomic E-state index is 0.175. The second-order valence-corrected chi connectivity index (χ2v) is 14.1. The third kappa shape index (κ3) is 7.00. The molecule has 6 rings (SSSR count). The molecule has 4 aromatic heterocycles. The molecule has 1 aliphatic carbocycles. The molecule has 1 saturated carbocycles. The van der Waals surface area contributed by atoms with E-state index in [1.807, 2.05) is 32.9 Å². The van der Waals surface area contributed by atoms with Crippen LogP contribution in [0.5, 0.6) is 0 Å². The van der Waals surface area contributed by atoms with E-state index in [4.69, 9.17) is 30.8 Å². The Hall–Kier alpha value is -3.93. The molecule has 0 spiro atoms. The molecule has 12 nitrogen and oxygen atoms in total. The Morgan fingerprint density at radius 1 is 1.07 bits per heavy atom. The number of aromatic nitrogens is 6. The first-order valence-electron chi connectivity index (χ1n) is 15.7. The quantitative estimate of drug-likeness (QED) is 0.279. The zero-order valence-corrected chi connectivity index (χ0v) is 27.3. The van der Waals surface area contributed by atoms with Crippen LogP contribution in [-0.2, 0) is 11.3 Å². The standard InChI is InChI=1S/C32H41ClN8O4/c1-19-6-8-21(9-7-19)18-41-27-24(36-29(41)39-10-11-40(17-20(2)16-39)31(43)44-32(3,4)5)13-25(28-37-30(42)45-38-28)35-26(27)22-12-23(33)15-34-14-22/h12-15,19-21H,6-11,16-18H2,1-5H3,(H,37,38,42). The lowest BCUT2D eigenvalue weighted by Gasteiger charge is -2.29. The lowest BCUT2D eigenvalue weighted by atomic mass is 9.83. The van der Waals surface area contributed by atoms with Gasteiger partial charge in [0.05, 0.1) is 21.7 Å². The number of rotatable bonds is 5. The number of anilines is 1. The summed E-state index contributed by atoms with van der Waals surface area (Å²) in [6.07, 6.45) is 7.70. The van der Waals surface area contributed by atoms with E-state index in [2.05, 4.69) is 38.4 Å². The van der Waals surface area contributed by atoms with Crippen molar-refractivity contribution in [3.05, 3.63) is 40.1 Å².